The molecular weight excluding hydrogens is 332 g/mol. The van der Waals surface area contributed by atoms with Gasteiger partial charge in [-0.15, -0.1) is 0 Å². The Bertz CT molecular complexity index is 975. The Kier molecular flexibility index (Phi) is 4.93. The van der Waals surface area contributed by atoms with Crippen molar-refractivity contribution in [2.75, 3.05) is 14.2 Å². The highest BCUT2D eigenvalue weighted by molar-refractivity contribution is 6.45. The van der Waals surface area contributed by atoms with Crippen molar-refractivity contribution >= 4 is 22.6 Å². The molecule has 134 valence electrons. The van der Waals surface area contributed by atoms with Gasteiger partial charge in [-0.1, -0.05) is 30.3 Å². The number of amides is 1. The summed E-state index contributed by atoms with van der Waals surface area (Å²) in [7, 11) is 3.08. The van der Waals surface area contributed by atoms with Crippen molar-refractivity contribution in [1.29, 1.82) is 0 Å². The second kappa shape index (κ2) is 7.31. The van der Waals surface area contributed by atoms with E-state index in [1.807, 2.05) is 30.3 Å². The van der Waals surface area contributed by atoms with Crippen molar-refractivity contribution in [2.24, 2.45) is 0 Å². The largest absolute Gasteiger partial charge is 0.493 e. The van der Waals surface area contributed by atoms with Gasteiger partial charge in [0, 0.05) is 28.7 Å². The fourth-order valence-corrected chi connectivity index (χ4v) is 3.03. The van der Waals surface area contributed by atoms with Gasteiger partial charge in [0.05, 0.1) is 19.8 Å². The number of hydrogen-bond acceptors (Lipinski definition) is 4. The molecule has 2 N–H and O–H groups in total. The molecule has 3 aromatic rings. The second-order valence-corrected chi connectivity index (χ2v) is 5.84. The number of ketones is 1. The number of methoxy groups -OCH3 is 2. The van der Waals surface area contributed by atoms with Crippen LogP contribution in [0, 0.1) is 6.92 Å². The maximum Gasteiger partial charge on any atom is 0.292 e. The van der Waals surface area contributed by atoms with Gasteiger partial charge >= 0.3 is 0 Å². The van der Waals surface area contributed by atoms with Gasteiger partial charge < -0.3 is 19.8 Å². The van der Waals surface area contributed by atoms with Crippen molar-refractivity contribution in [1.82, 2.24) is 10.3 Å². The molecule has 0 aliphatic rings. The minimum absolute atomic E-state index is 0.159. The van der Waals surface area contributed by atoms with Crippen molar-refractivity contribution < 1.29 is 19.1 Å². The first-order valence-corrected chi connectivity index (χ1v) is 8.16. The minimum atomic E-state index is -0.664. The lowest BCUT2D eigenvalue weighted by Crippen LogP contribution is -2.31. The number of H-pyrrole nitrogens is 1. The second-order valence-electron chi connectivity index (χ2n) is 5.84. The summed E-state index contributed by atoms with van der Waals surface area (Å²) in [5.41, 5.74) is 2.63. The molecule has 0 unspecified atom stereocenters. The van der Waals surface area contributed by atoms with Crippen LogP contribution in [-0.4, -0.2) is 30.9 Å². The molecule has 0 bridgehead atoms. The molecule has 0 aliphatic carbocycles. The number of carbonyl (C=O) groups is 2. The Balaban J connectivity index is 1.80. The first-order chi connectivity index (χ1) is 12.6. The Hall–Kier alpha value is -3.28. The molecule has 2 aromatic carbocycles. The zero-order chi connectivity index (χ0) is 18.7. The molecule has 0 saturated heterocycles. The number of benzene rings is 2. The van der Waals surface area contributed by atoms with Crippen LogP contribution in [0.1, 0.15) is 21.6 Å². The summed E-state index contributed by atoms with van der Waals surface area (Å²) in [5, 5.41) is 3.41. The van der Waals surface area contributed by atoms with E-state index < -0.39 is 11.7 Å². The molecule has 1 heterocycles. The number of fused-ring (bicyclic) bond motifs is 1. The Labute approximate surface area is 151 Å². The van der Waals surface area contributed by atoms with Crippen LogP contribution in [-0.2, 0) is 11.3 Å². The van der Waals surface area contributed by atoms with Crippen LogP contribution in [0.4, 0.5) is 0 Å². The summed E-state index contributed by atoms with van der Waals surface area (Å²) in [5.74, 6) is -0.131. The number of aromatic amines is 1. The van der Waals surface area contributed by atoms with E-state index in [9.17, 15) is 9.59 Å². The average molecular weight is 352 g/mol. The maximum absolute atomic E-state index is 12.7. The van der Waals surface area contributed by atoms with Crippen molar-refractivity contribution in [3.63, 3.8) is 0 Å². The number of aryl methyl sites for hydroxylation is 1. The van der Waals surface area contributed by atoms with Gasteiger partial charge in [-0.05, 0) is 19.1 Å². The fourth-order valence-electron chi connectivity index (χ4n) is 3.03. The van der Waals surface area contributed by atoms with Crippen LogP contribution in [0.2, 0.25) is 0 Å². The van der Waals surface area contributed by atoms with Crippen LogP contribution in [0.15, 0.2) is 42.5 Å². The van der Waals surface area contributed by atoms with E-state index in [4.69, 9.17) is 9.47 Å². The monoisotopic (exact) mass is 352 g/mol. The quantitative estimate of drug-likeness (QED) is 0.528. The van der Waals surface area contributed by atoms with Crippen LogP contribution in [0.5, 0.6) is 11.5 Å². The standard InChI is InChI=1S/C20H20N2O4/c1-12-17(14-8-4-5-9-15(14)22-12)18(23)20(24)21-11-13-7-6-10-16(25-2)19(13)26-3/h4-10,22H,11H2,1-3H3,(H,21,24). The fraction of sp³-hybridized carbons (Fsp3) is 0.200. The van der Waals surface area contributed by atoms with Crippen molar-refractivity contribution in [2.45, 2.75) is 13.5 Å². The predicted octanol–water partition coefficient (Wildman–Crippen LogP) is 2.99. The molecule has 6 heteroatoms. The molecule has 0 aliphatic heterocycles. The Morgan fingerprint density at radius 2 is 1.81 bits per heavy atom. The third kappa shape index (κ3) is 3.13. The molecule has 0 fully saturated rings. The smallest absolute Gasteiger partial charge is 0.292 e. The van der Waals surface area contributed by atoms with Crippen LogP contribution < -0.4 is 14.8 Å². The molecule has 1 amide bonds. The van der Waals surface area contributed by atoms with E-state index in [0.717, 1.165) is 16.5 Å². The number of aromatic nitrogens is 1. The summed E-state index contributed by atoms with van der Waals surface area (Å²) in [6.45, 7) is 1.94. The minimum Gasteiger partial charge on any atom is -0.493 e. The lowest BCUT2D eigenvalue weighted by atomic mass is 10.1. The molecular formula is C20H20N2O4. The first-order valence-electron chi connectivity index (χ1n) is 8.16. The third-order valence-electron chi connectivity index (χ3n) is 4.25. The highest BCUT2D eigenvalue weighted by Crippen LogP contribution is 2.30. The topological polar surface area (TPSA) is 80.4 Å². The molecule has 3 rings (SSSR count). The van der Waals surface area contributed by atoms with E-state index in [1.165, 1.54) is 7.11 Å². The number of hydrogen-bond donors (Lipinski definition) is 2. The lowest BCUT2D eigenvalue weighted by Gasteiger charge is -2.13. The van der Waals surface area contributed by atoms with Crippen LogP contribution in [0.3, 0.4) is 0 Å². The van der Waals surface area contributed by atoms with E-state index >= 15 is 0 Å². The highest BCUT2D eigenvalue weighted by Gasteiger charge is 2.22. The van der Waals surface area contributed by atoms with Gasteiger partial charge in [0.2, 0.25) is 0 Å². The molecule has 0 atom stereocenters. The van der Waals surface area contributed by atoms with Gasteiger partial charge in [0.25, 0.3) is 11.7 Å². The number of carbonyl (C=O) groups excluding carboxylic acids is 2. The molecule has 6 nitrogen and oxygen atoms in total. The number of nitrogens with one attached hydrogen (secondary N) is 2. The number of Topliss-reactive ketones (excluding diaryl/α,β-unsaturated/α-hetero) is 1. The maximum atomic E-state index is 12.7. The van der Waals surface area contributed by atoms with Crippen LogP contribution >= 0.6 is 0 Å². The Morgan fingerprint density at radius 3 is 2.54 bits per heavy atom. The number of para-hydroxylation sites is 2. The first kappa shape index (κ1) is 17.5. The average Bonchev–Trinajstić information content (AvgIpc) is 3.00. The van der Waals surface area contributed by atoms with Gasteiger partial charge in [0.15, 0.2) is 11.5 Å². The molecule has 0 radical (unpaired) electrons. The van der Waals surface area contributed by atoms with Gasteiger partial charge in [-0.25, -0.2) is 0 Å². The number of rotatable bonds is 6. The lowest BCUT2D eigenvalue weighted by molar-refractivity contribution is -0.117. The number of ether oxygens (including phenoxy) is 2. The summed E-state index contributed by atoms with van der Waals surface area (Å²) in [6, 6.07) is 12.8. The van der Waals surface area contributed by atoms with E-state index in [2.05, 4.69) is 10.3 Å². The summed E-state index contributed by atoms with van der Waals surface area (Å²) in [4.78, 5) is 28.2. The van der Waals surface area contributed by atoms with E-state index in [-0.39, 0.29) is 6.54 Å². The highest BCUT2D eigenvalue weighted by atomic mass is 16.5. The normalized spacial score (nSPS) is 10.6. The zero-order valence-corrected chi connectivity index (χ0v) is 14.9. The van der Waals surface area contributed by atoms with E-state index in [1.54, 1.807) is 26.2 Å². The summed E-state index contributed by atoms with van der Waals surface area (Å²) >= 11 is 0. The predicted molar refractivity (Wildman–Crippen MR) is 98.8 cm³/mol. The van der Waals surface area contributed by atoms with Gasteiger partial charge in [-0.2, -0.15) is 0 Å². The summed E-state index contributed by atoms with van der Waals surface area (Å²) < 4.78 is 10.6. The van der Waals surface area contributed by atoms with Crippen molar-refractivity contribution in [3.05, 3.63) is 59.3 Å². The third-order valence-corrected chi connectivity index (χ3v) is 4.25. The molecule has 1 aromatic heterocycles. The summed E-state index contributed by atoms with van der Waals surface area (Å²) in [6.07, 6.45) is 0. The molecule has 0 spiro atoms. The molecule has 26 heavy (non-hydrogen) atoms. The van der Waals surface area contributed by atoms with Crippen LogP contribution in [0.25, 0.3) is 10.9 Å². The SMILES string of the molecule is COc1cccc(CNC(=O)C(=O)c2c(C)[nH]c3ccccc23)c1OC. The van der Waals surface area contributed by atoms with E-state index in [0.29, 0.717) is 22.8 Å². The Morgan fingerprint density at radius 1 is 1.04 bits per heavy atom. The van der Waals surface area contributed by atoms with Crippen molar-refractivity contribution in [3.8, 4) is 11.5 Å². The zero-order valence-electron chi connectivity index (χ0n) is 14.9. The van der Waals surface area contributed by atoms with Gasteiger partial charge in [0.1, 0.15) is 0 Å². The molecule has 0 saturated carbocycles. The van der Waals surface area contributed by atoms with Gasteiger partial charge in [-0.3, -0.25) is 9.59 Å².